The van der Waals surface area contributed by atoms with Gasteiger partial charge in [-0.3, -0.25) is 0 Å². The first-order valence-corrected chi connectivity index (χ1v) is 5.54. The lowest BCUT2D eigenvalue weighted by Gasteiger charge is -2.12. The van der Waals surface area contributed by atoms with E-state index in [4.69, 9.17) is 0 Å². The van der Waals surface area contributed by atoms with E-state index in [-0.39, 0.29) is 0 Å². The first kappa shape index (κ1) is 10.6. The Balaban J connectivity index is 2.46. The zero-order valence-electron chi connectivity index (χ0n) is 8.50. The van der Waals surface area contributed by atoms with E-state index < -0.39 is 0 Å². The summed E-state index contributed by atoms with van der Waals surface area (Å²) in [4.78, 5) is 0. The molecule has 1 aromatic rings. The number of nitrogens with one attached hydrogen (secondary N) is 1. The van der Waals surface area contributed by atoms with Crippen LogP contribution in [0.4, 0.5) is 0 Å². The Morgan fingerprint density at radius 1 is 1.46 bits per heavy atom. The zero-order chi connectivity index (χ0) is 9.68. The first-order chi connectivity index (χ1) is 6.26. The molecule has 1 atom stereocenters. The van der Waals surface area contributed by atoms with E-state index in [1.807, 2.05) is 14.0 Å². The van der Waals surface area contributed by atoms with Gasteiger partial charge in [0.2, 0.25) is 0 Å². The minimum Gasteiger partial charge on any atom is -0.317 e. The van der Waals surface area contributed by atoms with E-state index in [0.717, 1.165) is 16.4 Å². The van der Waals surface area contributed by atoms with Crippen LogP contribution in [0.15, 0.2) is 0 Å². The molecule has 1 N–H and O–H groups in total. The number of aryl methyl sites for hydroxylation is 1. The van der Waals surface area contributed by atoms with Crippen LogP contribution in [-0.4, -0.2) is 23.3 Å². The molecule has 0 saturated heterocycles. The highest BCUT2D eigenvalue weighted by Crippen LogP contribution is 2.12. The quantitative estimate of drug-likeness (QED) is 0.785. The minimum atomic E-state index is 0.553. The second-order valence-corrected chi connectivity index (χ2v) is 4.46. The van der Waals surface area contributed by atoms with Crippen LogP contribution in [0, 0.1) is 6.92 Å². The van der Waals surface area contributed by atoms with Gasteiger partial charge in [0.1, 0.15) is 10.0 Å². The normalized spacial score (nSPS) is 13.2. The third kappa shape index (κ3) is 3.40. The van der Waals surface area contributed by atoms with E-state index >= 15 is 0 Å². The molecule has 13 heavy (non-hydrogen) atoms. The molecule has 0 aliphatic heterocycles. The van der Waals surface area contributed by atoms with Crippen LogP contribution < -0.4 is 5.32 Å². The molecule has 0 spiro atoms. The van der Waals surface area contributed by atoms with Crippen molar-refractivity contribution < 1.29 is 0 Å². The molecule has 0 bridgehead atoms. The molecule has 0 saturated carbocycles. The predicted molar refractivity (Wildman–Crippen MR) is 56.1 cm³/mol. The van der Waals surface area contributed by atoms with E-state index in [1.54, 1.807) is 11.3 Å². The highest BCUT2D eigenvalue weighted by atomic mass is 32.1. The van der Waals surface area contributed by atoms with Gasteiger partial charge < -0.3 is 5.32 Å². The van der Waals surface area contributed by atoms with Crippen LogP contribution in [0.1, 0.15) is 29.8 Å². The summed E-state index contributed by atoms with van der Waals surface area (Å²) in [6.07, 6.45) is 3.42. The lowest BCUT2D eigenvalue weighted by atomic mass is 10.1. The van der Waals surface area contributed by atoms with Gasteiger partial charge in [0.25, 0.3) is 0 Å². The summed E-state index contributed by atoms with van der Waals surface area (Å²) in [5, 5.41) is 13.6. The molecule has 1 unspecified atom stereocenters. The van der Waals surface area contributed by atoms with Crippen LogP contribution in [0.3, 0.4) is 0 Å². The average Bonchev–Trinajstić information content (AvgIpc) is 2.50. The van der Waals surface area contributed by atoms with Crippen LogP contribution in [0.25, 0.3) is 0 Å². The monoisotopic (exact) mass is 199 g/mol. The maximum atomic E-state index is 4.11. The van der Waals surface area contributed by atoms with Gasteiger partial charge in [-0.05, 0) is 20.4 Å². The van der Waals surface area contributed by atoms with Gasteiger partial charge in [-0.25, -0.2) is 0 Å². The highest BCUT2D eigenvalue weighted by Gasteiger charge is 2.08. The summed E-state index contributed by atoms with van der Waals surface area (Å²) in [5.41, 5.74) is 0. The lowest BCUT2D eigenvalue weighted by molar-refractivity contribution is 0.511. The Kier molecular flexibility index (Phi) is 4.32. The summed E-state index contributed by atoms with van der Waals surface area (Å²) in [6.45, 7) is 4.20. The molecule has 0 radical (unpaired) electrons. The summed E-state index contributed by atoms with van der Waals surface area (Å²) in [5.74, 6) is 0. The van der Waals surface area contributed by atoms with Gasteiger partial charge >= 0.3 is 0 Å². The fourth-order valence-electron chi connectivity index (χ4n) is 1.33. The van der Waals surface area contributed by atoms with Gasteiger partial charge in [-0.15, -0.1) is 21.5 Å². The van der Waals surface area contributed by atoms with Gasteiger partial charge in [0, 0.05) is 12.5 Å². The second kappa shape index (κ2) is 5.29. The molecule has 3 nitrogen and oxygen atoms in total. The van der Waals surface area contributed by atoms with Gasteiger partial charge in [-0.2, -0.15) is 0 Å². The first-order valence-electron chi connectivity index (χ1n) is 4.72. The predicted octanol–water partition coefficient (Wildman–Crippen LogP) is 1.78. The maximum Gasteiger partial charge on any atom is 0.118 e. The molecule has 74 valence electrons. The lowest BCUT2D eigenvalue weighted by Crippen LogP contribution is -2.27. The zero-order valence-corrected chi connectivity index (χ0v) is 9.32. The Labute approximate surface area is 83.6 Å². The maximum absolute atomic E-state index is 4.11. The third-order valence-corrected chi connectivity index (χ3v) is 2.90. The molecule has 0 fully saturated rings. The summed E-state index contributed by atoms with van der Waals surface area (Å²) in [7, 11) is 2.01. The molecular formula is C9H17N3S. The smallest absolute Gasteiger partial charge is 0.118 e. The number of nitrogens with zero attached hydrogens (tertiary/aromatic N) is 2. The fourth-order valence-corrected chi connectivity index (χ4v) is 2.12. The molecule has 1 heterocycles. The SMILES string of the molecule is CCCC(Cc1nnc(C)s1)NC. The van der Waals surface area contributed by atoms with Crippen molar-refractivity contribution in [2.45, 2.75) is 39.2 Å². The van der Waals surface area contributed by atoms with E-state index in [2.05, 4.69) is 22.4 Å². The topological polar surface area (TPSA) is 37.8 Å². The van der Waals surface area contributed by atoms with Crippen molar-refractivity contribution in [3.05, 3.63) is 10.0 Å². The summed E-state index contributed by atoms with van der Waals surface area (Å²) >= 11 is 1.70. The van der Waals surface area contributed by atoms with Crippen LogP contribution >= 0.6 is 11.3 Å². The summed E-state index contributed by atoms with van der Waals surface area (Å²) in [6, 6.07) is 0.553. The highest BCUT2D eigenvalue weighted by molar-refractivity contribution is 7.11. The van der Waals surface area contributed by atoms with Crippen LogP contribution in [0.5, 0.6) is 0 Å². The molecule has 0 aliphatic carbocycles. The van der Waals surface area contributed by atoms with Crippen molar-refractivity contribution in [2.75, 3.05) is 7.05 Å². The van der Waals surface area contributed by atoms with E-state index in [0.29, 0.717) is 6.04 Å². The number of hydrogen-bond donors (Lipinski definition) is 1. The standard InChI is InChI=1S/C9H17N3S/c1-4-5-8(10-3)6-9-12-11-7(2)13-9/h8,10H,4-6H2,1-3H3. The Morgan fingerprint density at radius 3 is 2.69 bits per heavy atom. The third-order valence-electron chi connectivity index (χ3n) is 2.03. The molecule has 0 aliphatic rings. The molecular weight excluding hydrogens is 182 g/mol. The van der Waals surface area contributed by atoms with E-state index in [9.17, 15) is 0 Å². The van der Waals surface area contributed by atoms with Crippen LogP contribution in [-0.2, 0) is 6.42 Å². The Morgan fingerprint density at radius 2 is 2.23 bits per heavy atom. The minimum absolute atomic E-state index is 0.553. The number of hydrogen-bond acceptors (Lipinski definition) is 4. The fraction of sp³-hybridized carbons (Fsp3) is 0.778. The number of aromatic nitrogens is 2. The van der Waals surface area contributed by atoms with Gasteiger partial charge in [-0.1, -0.05) is 13.3 Å². The molecule has 0 amide bonds. The average molecular weight is 199 g/mol. The molecule has 0 aromatic carbocycles. The molecule has 4 heteroatoms. The molecule has 1 aromatic heterocycles. The van der Waals surface area contributed by atoms with Crippen molar-refractivity contribution in [2.24, 2.45) is 0 Å². The van der Waals surface area contributed by atoms with Crippen molar-refractivity contribution >= 4 is 11.3 Å². The van der Waals surface area contributed by atoms with Crippen LogP contribution in [0.2, 0.25) is 0 Å². The van der Waals surface area contributed by atoms with Crippen molar-refractivity contribution in [3.8, 4) is 0 Å². The van der Waals surface area contributed by atoms with Gasteiger partial charge in [0.15, 0.2) is 0 Å². The van der Waals surface area contributed by atoms with E-state index in [1.165, 1.54) is 12.8 Å². The summed E-state index contributed by atoms with van der Waals surface area (Å²) < 4.78 is 0. The van der Waals surface area contributed by atoms with Crippen molar-refractivity contribution in [3.63, 3.8) is 0 Å². The van der Waals surface area contributed by atoms with Crippen molar-refractivity contribution in [1.82, 2.24) is 15.5 Å². The van der Waals surface area contributed by atoms with Crippen molar-refractivity contribution in [1.29, 1.82) is 0 Å². The number of rotatable bonds is 5. The Hall–Kier alpha value is -0.480. The van der Waals surface area contributed by atoms with Gasteiger partial charge in [0.05, 0.1) is 0 Å². The number of likely N-dealkylation sites (N-methyl/N-ethyl adjacent to an activating group) is 1. The largest absolute Gasteiger partial charge is 0.317 e. The Bertz CT molecular complexity index is 247. The molecule has 1 rings (SSSR count). The second-order valence-electron chi connectivity index (χ2n) is 3.19.